The van der Waals surface area contributed by atoms with E-state index in [0.717, 1.165) is 13.1 Å². The Labute approximate surface area is 88.9 Å². The molecule has 1 unspecified atom stereocenters. The molecule has 2 heterocycles. The topological polar surface area (TPSA) is 43.0 Å². The first-order valence-electron chi connectivity index (χ1n) is 5.09. The van der Waals surface area contributed by atoms with Crippen molar-refractivity contribution < 1.29 is 4.42 Å². The maximum absolute atomic E-state index is 5.03. The van der Waals surface area contributed by atoms with Crippen LogP contribution in [0.1, 0.15) is 18.5 Å². The van der Waals surface area contributed by atoms with E-state index in [2.05, 4.69) is 17.3 Å². The molecule has 0 aliphatic heterocycles. The largest absolute Gasteiger partial charge is 0.472 e. The maximum atomic E-state index is 5.03. The maximum Gasteiger partial charge on any atom is 0.0950 e. The second kappa shape index (κ2) is 4.79. The van der Waals surface area contributed by atoms with Crippen molar-refractivity contribution in [3.05, 3.63) is 42.6 Å². The normalized spacial score (nSPS) is 12.9. The third-order valence-electron chi connectivity index (χ3n) is 2.39. The Morgan fingerprint density at radius 1 is 1.60 bits per heavy atom. The number of hydrogen-bond acceptors (Lipinski definition) is 3. The lowest BCUT2D eigenvalue weighted by Crippen LogP contribution is -2.23. The number of furan rings is 1. The summed E-state index contributed by atoms with van der Waals surface area (Å²) in [6.45, 7) is 3.90. The minimum absolute atomic E-state index is 0.319. The molecule has 0 radical (unpaired) electrons. The number of nitrogens with zero attached hydrogens (tertiary/aromatic N) is 2. The van der Waals surface area contributed by atoms with Crippen molar-refractivity contribution >= 4 is 0 Å². The third-order valence-corrected chi connectivity index (χ3v) is 2.39. The number of aromatic nitrogens is 2. The van der Waals surface area contributed by atoms with Crippen molar-refractivity contribution in [1.82, 2.24) is 15.1 Å². The summed E-state index contributed by atoms with van der Waals surface area (Å²) in [6, 6.07) is 4.23. The van der Waals surface area contributed by atoms with Crippen LogP contribution >= 0.6 is 0 Å². The van der Waals surface area contributed by atoms with E-state index >= 15 is 0 Å². The van der Waals surface area contributed by atoms with Crippen molar-refractivity contribution in [3.8, 4) is 0 Å². The molecule has 0 amide bonds. The van der Waals surface area contributed by atoms with Crippen LogP contribution in [0.4, 0.5) is 0 Å². The van der Waals surface area contributed by atoms with Crippen LogP contribution in [0.2, 0.25) is 0 Å². The quantitative estimate of drug-likeness (QED) is 0.809. The molecule has 0 aromatic carbocycles. The van der Waals surface area contributed by atoms with Crippen LogP contribution in [-0.2, 0) is 6.54 Å². The van der Waals surface area contributed by atoms with Gasteiger partial charge in [-0.25, -0.2) is 0 Å². The lowest BCUT2D eigenvalue weighted by atomic mass is 10.2. The molecule has 0 saturated heterocycles. The van der Waals surface area contributed by atoms with Gasteiger partial charge in [0.15, 0.2) is 0 Å². The van der Waals surface area contributed by atoms with Crippen molar-refractivity contribution in [2.24, 2.45) is 0 Å². The van der Waals surface area contributed by atoms with E-state index in [4.69, 9.17) is 4.42 Å². The van der Waals surface area contributed by atoms with Gasteiger partial charge < -0.3 is 9.73 Å². The Hall–Kier alpha value is -1.55. The molecule has 80 valence electrons. The van der Waals surface area contributed by atoms with Gasteiger partial charge in [-0.3, -0.25) is 4.68 Å². The second-order valence-electron chi connectivity index (χ2n) is 3.50. The van der Waals surface area contributed by atoms with Crippen LogP contribution in [0, 0.1) is 0 Å². The predicted octanol–water partition coefficient (Wildman–Crippen LogP) is 1.83. The van der Waals surface area contributed by atoms with E-state index in [-0.39, 0.29) is 0 Å². The van der Waals surface area contributed by atoms with Crippen LogP contribution < -0.4 is 5.32 Å². The van der Waals surface area contributed by atoms with Crippen LogP contribution in [0.25, 0.3) is 0 Å². The molecule has 1 N–H and O–H groups in total. The van der Waals surface area contributed by atoms with Gasteiger partial charge in [0.1, 0.15) is 0 Å². The average Bonchev–Trinajstić information content (AvgIpc) is 2.90. The van der Waals surface area contributed by atoms with Crippen LogP contribution in [0.3, 0.4) is 0 Å². The van der Waals surface area contributed by atoms with Gasteiger partial charge >= 0.3 is 0 Å². The van der Waals surface area contributed by atoms with Gasteiger partial charge in [-0.1, -0.05) is 0 Å². The van der Waals surface area contributed by atoms with Gasteiger partial charge in [-0.15, -0.1) is 0 Å². The Morgan fingerprint density at radius 2 is 2.53 bits per heavy atom. The van der Waals surface area contributed by atoms with E-state index in [1.807, 2.05) is 23.0 Å². The minimum atomic E-state index is 0.319. The van der Waals surface area contributed by atoms with Gasteiger partial charge in [0.25, 0.3) is 0 Å². The van der Waals surface area contributed by atoms with Crippen molar-refractivity contribution in [3.63, 3.8) is 0 Å². The average molecular weight is 205 g/mol. The molecule has 0 spiro atoms. The molecular formula is C11H15N3O. The fraction of sp³-hybridized carbons (Fsp3) is 0.364. The smallest absolute Gasteiger partial charge is 0.0950 e. The zero-order chi connectivity index (χ0) is 10.5. The van der Waals surface area contributed by atoms with Gasteiger partial charge in [0.2, 0.25) is 0 Å². The summed E-state index contributed by atoms with van der Waals surface area (Å²) in [5.41, 5.74) is 1.18. The van der Waals surface area contributed by atoms with Gasteiger partial charge in [0, 0.05) is 30.5 Å². The molecule has 2 rings (SSSR count). The molecule has 2 aromatic heterocycles. The highest BCUT2D eigenvalue weighted by Crippen LogP contribution is 2.11. The monoisotopic (exact) mass is 205 g/mol. The van der Waals surface area contributed by atoms with E-state index < -0.39 is 0 Å². The first-order valence-corrected chi connectivity index (χ1v) is 5.09. The summed E-state index contributed by atoms with van der Waals surface area (Å²) in [5.74, 6) is 0. The molecule has 4 nitrogen and oxygen atoms in total. The number of hydrogen-bond donors (Lipinski definition) is 1. The van der Waals surface area contributed by atoms with E-state index in [1.54, 1.807) is 18.7 Å². The summed E-state index contributed by atoms with van der Waals surface area (Å²) >= 11 is 0. The summed E-state index contributed by atoms with van der Waals surface area (Å²) in [4.78, 5) is 0. The van der Waals surface area contributed by atoms with E-state index in [0.29, 0.717) is 6.04 Å². The third kappa shape index (κ3) is 2.70. The van der Waals surface area contributed by atoms with Gasteiger partial charge in [-0.05, 0) is 19.1 Å². The highest BCUT2D eigenvalue weighted by atomic mass is 16.3. The van der Waals surface area contributed by atoms with Crippen molar-refractivity contribution in [2.45, 2.75) is 19.5 Å². The lowest BCUT2D eigenvalue weighted by Gasteiger charge is -2.11. The fourth-order valence-corrected chi connectivity index (χ4v) is 1.47. The zero-order valence-electron chi connectivity index (χ0n) is 8.76. The standard InChI is InChI=1S/C11H15N3O/c1-10(11-3-8-15-9-11)12-5-7-14-6-2-4-13-14/h2-4,6,8-10,12H,5,7H2,1H3. The molecule has 4 heteroatoms. The summed E-state index contributed by atoms with van der Waals surface area (Å²) in [6.07, 6.45) is 7.22. The van der Waals surface area contributed by atoms with Crippen LogP contribution in [0.5, 0.6) is 0 Å². The van der Waals surface area contributed by atoms with Crippen molar-refractivity contribution in [1.29, 1.82) is 0 Å². The molecule has 0 fully saturated rings. The first kappa shape index (κ1) is 9.98. The molecule has 2 aromatic rings. The second-order valence-corrected chi connectivity index (χ2v) is 3.50. The summed E-state index contributed by atoms with van der Waals surface area (Å²) < 4.78 is 6.94. The molecule has 1 atom stereocenters. The highest BCUT2D eigenvalue weighted by Gasteiger charge is 2.04. The zero-order valence-corrected chi connectivity index (χ0v) is 8.76. The molecule has 15 heavy (non-hydrogen) atoms. The summed E-state index contributed by atoms with van der Waals surface area (Å²) in [7, 11) is 0. The Bertz CT molecular complexity index is 366. The predicted molar refractivity (Wildman–Crippen MR) is 57.4 cm³/mol. The van der Waals surface area contributed by atoms with E-state index in [9.17, 15) is 0 Å². The van der Waals surface area contributed by atoms with Crippen LogP contribution in [0.15, 0.2) is 41.5 Å². The number of rotatable bonds is 5. The fourth-order valence-electron chi connectivity index (χ4n) is 1.47. The summed E-state index contributed by atoms with van der Waals surface area (Å²) in [5, 5.41) is 7.54. The van der Waals surface area contributed by atoms with E-state index in [1.165, 1.54) is 5.56 Å². The van der Waals surface area contributed by atoms with Gasteiger partial charge in [-0.2, -0.15) is 5.10 Å². The van der Waals surface area contributed by atoms with Crippen LogP contribution in [-0.4, -0.2) is 16.3 Å². The molecule has 0 saturated carbocycles. The molecule has 0 bridgehead atoms. The molecule has 0 aliphatic carbocycles. The lowest BCUT2D eigenvalue weighted by molar-refractivity contribution is 0.500. The molecular weight excluding hydrogens is 190 g/mol. The minimum Gasteiger partial charge on any atom is -0.472 e. The van der Waals surface area contributed by atoms with Crippen molar-refractivity contribution in [2.75, 3.05) is 6.54 Å². The van der Waals surface area contributed by atoms with Gasteiger partial charge in [0.05, 0.1) is 19.1 Å². The highest BCUT2D eigenvalue weighted by molar-refractivity contribution is 5.09. The Morgan fingerprint density at radius 3 is 3.20 bits per heavy atom. The SMILES string of the molecule is CC(NCCn1cccn1)c1ccoc1. The Kier molecular flexibility index (Phi) is 3.19. The Balaban J connectivity index is 1.74. The molecule has 0 aliphatic rings. The number of nitrogens with one attached hydrogen (secondary N) is 1. The first-order chi connectivity index (χ1) is 7.36.